The first-order chi connectivity index (χ1) is 14.1. The summed E-state index contributed by atoms with van der Waals surface area (Å²) in [5, 5.41) is 0. The Kier molecular flexibility index (Phi) is 6.16. The van der Waals surface area contributed by atoms with Crippen molar-refractivity contribution in [2.45, 2.75) is 25.4 Å². The van der Waals surface area contributed by atoms with Gasteiger partial charge in [-0.25, -0.2) is 0 Å². The van der Waals surface area contributed by atoms with Crippen molar-refractivity contribution in [2.24, 2.45) is 0 Å². The Labute approximate surface area is 173 Å². The third-order valence-electron chi connectivity index (χ3n) is 6.18. The molecule has 0 bridgehead atoms. The van der Waals surface area contributed by atoms with Crippen LogP contribution in [0, 0.1) is 0 Å². The van der Waals surface area contributed by atoms with Gasteiger partial charge in [0.1, 0.15) is 5.75 Å². The first-order valence-electron chi connectivity index (χ1n) is 10.6. The lowest BCUT2D eigenvalue weighted by Gasteiger charge is -2.36. The van der Waals surface area contributed by atoms with E-state index in [0.29, 0.717) is 5.91 Å². The number of nitrogens with zero attached hydrogens (tertiary/aromatic N) is 3. The van der Waals surface area contributed by atoms with Crippen LogP contribution in [0.4, 0.5) is 0 Å². The summed E-state index contributed by atoms with van der Waals surface area (Å²) >= 11 is 0. The lowest BCUT2D eigenvalue weighted by molar-refractivity contribution is -0.137. The second-order valence-electron chi connectivity index (χ2n) is 8.19. The van der Waals surface area contributed by atoms with Crippen LogP contribution in [0.1, 0.15) is 18.4 Å². The second-order valence-corrected chi connectivity index (χ2v) is 8.19. The van der Waals surface area contributed by atoms with E-state index in [-0.39, 0.29) is 6.04 Å². The van der Waals surface area contributed by atoms with Crippen molar-refractivity contribution in [3.63, 3.8) is 0 Å². The van der Waals surface area contributed by atoms with Crippen molar-refractivity contribution in [3.8, 4) is 16.9 Å². The van der Waals surface area contributed by atoms with Gasteiger partial charge in [-0.2, -0.15) is 0 Å². The highest BCUT2D eigenvalue weighted by atomic mass is 16.5. The van der Waals surface area contributed by atoms with Crippen molar-refractivity contribution in [1.82, 2.24) is 14.7 Å². The van der Waals surface area contributed by atoms with Crippen LogP contribution < -0.4 is 4.74 Å². The lowest BCUT2D eigenvalue weighted by Crippen LogP contribution is -2.52. The van der Waals surface area contributed by atoms with Crippen LogP contribution in [0.5, 0.6) is 5.75 Å². The molecule has 2 aromatic rings. The molecule has 0 saturated carbocycles. The molecule has 1 amide bonds. The van der Waals surface area contributed by atoms with Crippen molar-refractivity contribution in [2.75, 3.05) is 46.9 Å². The maximum absolute atomic E-state index is 13.1. The van der Waals surface area contributed by atoms with E-state index < -0.39 is 0 Å². The average Bonchev–Trinajstić information content (AvgIpc) is 3.22. The van der Waals surface area contributed by atoms with Crippen molar-refractivity contribution >= 4 is 5.91 Å². The molecule has 0 spiro atoms. The van der Waals surface area contributed by atoms with Crippen LogP contribution in [-0.2, 0) is 11.3 Å². The van der Waals surface area contributed by atoms with Crippen molar-refractivity contribution in [3.05, 3.63) is 54.1 Å². The third kappa shape index (κ3) is 4.62. The maximum Gasteiger partial charge on any atom is 0.240 e. The number of carbonyl (C=O) groups excluding carboxylic acids is 1. The molecule has 2 fully saturated rings. The number of amides is 1. The number of piperazine rings is 1. The predicted octanol–water partition coefficient (Wildman–Crippen LogP) is 3.10. The Morgan fingerprint density at radius 1 is 1.00 bits per heavy atom. The zero-order chi connectivity index (χ0) is 20.2. The van der Waals surface area contributed by atoms with Gasteiger partial charge < -0.3 is 14.5 Å². The van der Waals surface area contributed by atoms with E-state index in [0.717, 1.165) is 63.4 Å². The molecule has 2 aliphatic rings. The minimum Gasteiger partial charge on any atom is -0.497 e. The normalized spacial score (nSPS) is 20.8. The van der Waals surface area contributed by atoms with E-state index in [9.17, 15) is 4.79 Å². The van der Waals surface area contributed by atoms with Crippen LogP contribution in [0.3, 0.4) is 0 Å². The predicted molar refractivity (Wildman–Crippen MR) is 116 cm³/mol. The summed E-state index contributed by atoms with van der Waals surface area (Å²) in [5.74, 6) is 1.19. The van der Waals surface area contributed by atoms with Gasteiger partial charge in [0.15, 0.2) is 0 Å². The standard InChI is InChI=1S/C24H31N3O2/c1-25-12-14-26(15-13-25)24(28)23-10-5-11-27(23)18-19-6-3-7-20(16-19)21-8-4-9-22(17-21)29-2/h3-4,6-9,16-17,23H,5,10-15,18H2,1-2H3. The zero-order valence-electron chi connectivity index (χ0n) is 17.5. The molecule has 2 saturated heterocycles. The van der Waals surface area contributed by atoms with Crippen molar-refractivity contribution in [1.29, 1.82) is 0 Å². The van der Waals surface area contributed by atoms with Gasteiger partial charge in [-0.3, -0.25) is 9.69 Å². The van der Waals surface area contributed by atoms with Gasteiger partial charge in [-0.15, -0.1) is 0 Å². The summed E-state index contributed by atoms with van der Waals surface area (Å²) in [4.78, 5) is 19.8. The number of ether oxygens (including phenoxy) is 1. The molecule has 2 heterocycles. The fourth-order valence-corrected chi connectivity index (χ4v) is 4.42. The third-order valence-corrected chi connectivity index (χ3v) is 6.18. The highest BCUT2D eigenvalue weighted by Crippen LogP contribution is 2.27. The summed E-state index contributed by atoms with van der Waals surface area (Å²) in [5.41, 5.74) is 3.59. The second kappa shape index (κ2) is 8.97. The molecule has 1 unspecified atom stereocenters. The minimum atomic E-state index is 0.0267. The summed E-state index contributed by atoms with van der Waals surface area (Å²) in [6, 6.07) is 16.8. The highest BCUT2D eigenvalue weighted by molar-refractivity contribution is 5.82. The quantitative estimate of drug-likeness (QED) is 0.782. The molecular formula is C24H31N3O2. The summed E-state index contributed by atoms with van der Waals surface area (Å²) in [6.45, 7) is 5.47. The molecule has 0 aromatic heterocycles. The Bertz CT molecular complexity index is 846. The van der Waals surface area contributed by atoms with Crippen molar-refractivity contribution < 1.29 is 9.53 Å². The topological polar surface area (TPSA) is 36.0 Å². The molecule has 1 atom stereocenters. The van der Waals surface area contributed by atoms with E-state index in [4.69, 9.17) is 4.74 Å². The number of methoxy groups -OCH3 is 1. The first kappa shape index (κ1) is 19.9. The molecule has 4 rings (SSSR count). The highest BCUT2D eigenvalue weighted by Gasteiger charge is 2.34. The van der Waals surface area contributed by atoms with Gasteiger partial charge in [-0.1, -0.05) is 30.3 Å². The fourth-order valence-electron chi connectivity index (χ4n) is 4.42. The minimum absolute atomic E-state index is 0.0267. The molecular weight excluding hydrogens is 362 g/mol. The van der Waals surface area contributed by atoms with E-state index >= 15 is 0 Å². The Balaban J connectivity index is 1.46. The van der Waals surface area contributed by atoms with E-state index in [2.05, 4.69) is 58.1 Å². The molecule has 0 radical (unpaired) electrons. The number of hydrogen-bond acceptors (Lipinski definition) is 4. The number of hydrogen-bond donors (Lipinski definition) is 0. The Hall–Kier alpha value is -2.37. The number of likely N-dealkylation sites (N-methyl/N-ethyl adjacent to an activating group) is 1. The van der Waals surface area contributed by atoms with Gasteiger partial charge in [0.25, 0.3) is 0 Å². The lowest BCUT2D eigenvalue weighted by atomic mass is 10.0. The summed E-state index contributed by atoms with van der Waals surface area (Å²) in [6.07, 6.45) is 2.07. The summed E-state index contributed by atoms with van der Waals surface area (Å²) in [7, 11) is 3.82. The smallest absolute Gasteiger partial charge is 0.240 e. The molecule has 0 N–H and O–H groups in total. The zero-order valence-corrected chi connectivity index (χ0v) is 17.5. The van der Waals surface area contributed by atoms with Gasteiger partial charge in [-0.05, 0) is 61.3 Å². The van der Waals surface area contributed by atoms with E-state index in [1.165, 1.54) is 11.1 Å². The Morgan fingerprint density at radius 3 is 2.48 bits per heavy atom. The Morgan fingerprint density at radius 2 is 1.72 bits per heavy atom. The van der Waals surface area contributed by atoms with E-state index in [1.54, 1.807) is 7.11 Å². The van der Waals surface area contributed by atoms with Crippen LogP contribution in [-0.4, -0.2) is 73.5 Å². The molecule has 5 heteroatoms. The largest absolute Gasteiger partial charge is 0.497 e. The first-order valence-corrected chi connectivity index (χ1v) is 10.6. The van der Waals surface area contributed by atoms with E-state index in [1.807, 2.05) is 12.1 Å². The van der Waals surface area contributed by atoms with Crippen LogP contribution in [0.2, 0.25) is 0 Å². The van der Waals surface area contributed by atoms with Gasteiger partial charge in [0.2, 0.25) is 5.91 Å². The molecule has 5 nitrogen and oxygen atoms in total. The molecule has 154 valence electrons. The molecule has 0 aliphatic carbocycles. The van der Waals surface area contributed by atoms with Gasteiger partial charge in [0, 0.05) is 32.7 Å². The number of rotatable bonds is 5. The monoisotopic (exact) mass is 393 g/mol. The number of benzene rings is 2. The maximum atomic E-state index is 13.1. The average molecular weight is 394 g/mol. The van der Waals surface area contributed by atoms with Crippen LogP contribution in [0.25, 0.3) is 11.1 Å². The molecule has 2 aromatic carbocycles. The van der Waals surface area contributed by atoms with Crippen LogP contribution >= 0.6 is 0 Å². The summed E-state index contributed by atoms with van der Waals surface area (Å²) < 4.78 is 5.37. The number of likely N-dealkylation sites (tertiary alicyclic amines) is 1. The van der Waals surface area contributed by atoms with Crippen LogP contribution in [0.15, 0.2) is 48.5 Å². The number of carbonyl (C=O) groups is 1. The fraction of sp³-hybridized carbons (Fsp3) is 0.458. The van der Waals surface area contributed by atoms with Gasteiger partial charge >= 0.3 is 0 Å². The van der Waals surface area contributed by atoms with Gasteiger partial charge in [0.05, 0.1) is 13.2 Å². The molecule has 2 aliphatic heterocycles. The molecule has 29 heavy (non-hydrogen) atoms. The SMILES string of the molecule is COc1cccc(-c2cccc(CN3CCCC3C(=O)N3CCN(C)CC3)c2)c1.